The van der Waals surface area contributed by atoms with E-state index in [4.69, 9.17) is 14.6 Å². The van der Waals surface area contributed by atoms with Gasteiger partial charge in [0.05, 0.1) is 18.1 Å². The number of aliphatic carboxylic acids is 1. The van der Waals surface area contributed by atoms with E-state index in [1.807, 2.05) is 37.3 Å². The molecule has 0 saturated carbocycles. The molecule has 138 valence electrons. The van der Waals surface area contributed by atoms with E-state index in [1.165, 1.54) is 0 Å². The van der Waals surface area contributed by atoms with Gasteiger partial charge >= 0.3 is 5.97 Å². The molecule has 26 heavy (non-hydrogen) atoms. The molecule has 1 unspecified atom stereocenters. The van der Waals surface area contributed by atoms with Crippen LogP contribution in [0.2, 0.25) is 0 Å². The monoisotopic (exact) mass is 356 g/mol. The molecule has 1 atom stereocenters. The second-order valence-electron chi connectivity index (χ2n) is 5.99. The number of aldehydes is 1. The van der Waals surface area contributed by atoms with Crippen molar-refractivity contribution in [2.24, 2.45) is 5.92 Å². The number of hydrogen-bond donors (Lipinski definition) is 1. The van der Waals surface area contributed by atoms with Crippen LogP contribution >= 0.6 is 0 Å². The fourth-order valence-corrected chi connectivity index (χ4v) is 2.64. The molecule has 0 aromatic heterocycles. The Hall–Kier alpha value is -2.82. The van der Waals surface area contributed by atoms with Crippen molar-refractivity contribution in [3.63, 3.8) is 0 Å². The molecule has 2 aromatic rings. The van der Waals surface area contributed by atoms with Gasteiger partial charge in [0.1, 0.15) is 18.1 Å². The van der Waals surface area contributed by atoms with Gasteiger partial charge in [-0.1, -0.05) is 43.3 Å². The molecule has 0 heterocycles. The van der Waals surface area contributed by atoms with Crippen molar-refractivity contribution in [3.8, 4) is 11.5 Å². The van der Waals surface area contributed by atoms with Crippen LogP contribution in [0.1, 0.15) is 42.1 Å². The van der Waals surface area contributed by atoms with E-state index in [1.54, 1.807) is 18.2 Å². The van der Waals surface area contributed by atoms with Crippen LogP contribution < -0.4 is 9.47 Å². The summed E-state index contributed by atoms with van der Waals surface area (Å²) in [5, 5.41) is 9.06. The maximum absolute atomic E-state index is 11.5. The van der Waals surface area contributed by atoms with E-state index in [-0.39, 0.29) is 5.92 Å². The highest BCUT2D eigenvalue weighted by Gasteiger charge is 2.15. The Balaban J connectivity index is 1.94. The molecule has 0 amide bonds. The Morgan fingerprint density at radius 3 is 2.38 bits per heavy atom. The molecule has 1 N–H and O–H groups in total. The molecule has 0 radical (unpaired) electrons. The molecule has 0 spiro atoms. The van der Waals surface area contributed by atoms with Gasteiger partial charge in [-0.2, -0.15) is 0 Å². The molecule has 2 aromatic carbocycles. The smallest absolute Gasteiger partial charge is 0.306 e. The standard InChI is InChI=1S/C21H24O5/c1-2-17(21(23)24)10-7-13-25-19-11-6-12-20(18(19)14-22)26-15-16-8-4-3-5-9-16/h3-6,8-9,11-12,14,17H,2,7,10,13,15H2,1H3,(H,23,24). The molecule has 0 aliphatic rings. The van der Waals surface area contributed by atoms with E-state index in [2.05, 4.69) is 0 Å². The normalized spacial score (nSPS) is 11.6. The number of hydrogen-bond acceptors (Lipinski definition) is 4. The topological polar surface area (TPSA) is 72.8 Å². The van der Waals surface area contributed by atoms with Crippen LogP contribution in [-0.4, -0.2) is 24.0 Å². The van der Waals surface area contributed by atoms with Gasteiger partial charge in [0.15, 0.2) is 6.29 Å². The molecule has 5 nitrogen and oxygen atoms in total. The summed E-state index contributed by atoms with van der Waals surface area (Å²) in [6.45, 7) is 2.58. The fraction of sp³-hybridized carbons (Fsp3) is 0.333. The quantitative estimate of drug-likeness (QED) is 0.479. The SMILES string of the molecule is CCC(CCCOc1cccc(OCc2ccccc2)c1C=O)C(=O)O. The first kappa shape index (κ1) is 19.5. The van der Waals surface area contributed by atoms with Crippen LogP contribution in [-0.2, 0) is 11.4 Å². The summed E-state index contributed by atoms with van der Waals surface area (Å²) >= 11 is 0. The van der Waals surface area contributed by atoms with E-state index in [9.17, 15) is 9.59 Å². The van der Waals surface area contributed by atoms with Crippen molar-refractivity contribution in [3.05, 3.63) is 59.7 Å². The van der Waals surface area contributed by atoms with Crippen molar-refractivity contribution in [1.29, 1.82) is 0 Å². The van der Waals surface area contributed by atoms with Gasteiger partial charge in [-0.3, -0.25) is 9.59 Å². The van der Waals surface area contributed by atoms with Gasteiger partial charge in [-0.25, -0.2) is 0 Å². The van der Waals surface area contributed by atoms with Gasteiger partial charge in [0.2, 0.25) is 0 Å². The molecule has 0 fully saturated rings. The number of ether oxygens (including phenoxy) is 2. The first-order valence-electron chi connectivity index (χ1n) is 8.76. The van der Waals surface area contributed by atoms with Crippen LogP contribution in [0.5, 0.6) is 11.5 Å². The fourth-order valence-electron chi connectivity index (χ4n) is 2.64. The van der Waals surface area contributed by atoms with Crippen LogP contribution in [0.15, 0.2) is 48.5 Å². The summed E-state index contributed by atoms with van der Waals surface area (Å²) in [4.78, 5) is 22.5. The van der Waals surface area contributed by atoms with E-state index < -0.39 is 5.97 Å². The largest absolute Gasteiger partial charge is 0.493 e. The first-order valence-corrected chi connectivity index (χ1v) is 8.76. The zero-order chi connectivity index (χ0) is 18.8. The Morgan fingerprint density at radius 2 is 1.77 bits per heavy atom. The third-order valence-corrected chi connectivity index (χ3v) is 4.18. The third-order valence-electron chi connectivity index (χ3n) is 4.18. The Labute approximate surface area is 153 Å². The van der Waals surface area contributed by atoms with Crippen molar-refractivity contribution in [2.75, 3.05) is 6.61 Å². The predicted molar refractivity (Wildman–Crippen MR) is 98.7 cm³/mol. The molecule has 5 heteroatoms. The van der Waals surface area contributed by atoms with E-state index in [0.29, 0.717) is 49.5 Å². The first-order chi connectivity index (χ1) is 12.7. The average Bonchev–Trinajstić information content (AvgIpc) is 2.66. The predicted octanol–water partition coefficient (Wildman–Crippen LogP) is 4.35. The lowest BCUT2D eigenvalue weighted by atomic mass is 10.0. The minimum absolute atomic E-state index is 0.354. The summed E-state index contributed by atoms with van der Waals surface area (Å²) in [5.41, 5.74) is 1.38. The molecular weight excluding hydrogens is 332 g/mol. The summed E-state index contributed by atoms with van der Waals surface area (Å²) in [5.74, 6) is -0.214. The van der Waals surface area contributed by atoms with Crippen molar-refractivity contribution in [1.82, 2.24) is 0 Å². The number of carboxylic acid groups (broad SMARTS) is 1. The van der Waals surface area contributed by atoms with Gasteiger partial charge in [-0.15, -0.1) is 0 Å². The highest BCUT2D eigenvalue weighted by atomic mass is 16.5. The lowest BCUT2D eigenvalue weighted by Gasteiger charge is -2.14. The van der Waals surface area contributed by atoms with Gasteiger partial charge in [0, 0.05) is 0 Å². The van der Waals surface area contributed by atoms with Crippen LogP contribution in [0, 0.1) is 5.92 Å². The van der Waals surface area contributed by atoms with Crippen LogP contribution in [0.3, 0.4) is 0 Å². The van der Waals surface area contributed by atoms with Gasteiger partial charge in [0.25, 0.3) is 0 Å². The van der Waals surface area contributed by atoms with E-state index in [0.717, 1.165) is 11.8 Å². The van der Waals surface area contributed by atoms with Crippen molar-refractivity contribution in [2.45, 2.75) is 32.8 Å². The maximum atomic E-state index is 11.5. The van der Waals surface area contributed by atoms with E-state index >= 15 is 0 Å². The third kappa shape index (κ3) is 5.62. The Morgan fingerprint density at radius 1 is 1.08 bits per heavy atom. The van der Waals surface area contributed by atoms with Crippen LogP contribution in [0.4, 0.5) is 0 Å². The maximum Gasteiger partial charge on any atom is 0.306 e. The van der Waals surface area contributed by atoms with Gasteiger partial charge in [-0.05, 0) is 37.0 Å². The minimum atomic E-state index is -0.780. The molecular formula is C21H24O5. The second-order valence-corrected chi connectivity index (χ2v) is 5.99. The lowest BCUT2D eigenvalue weighted by Crippen LogP contribution is -2.14. The number of carbonyl (C=O) groups excluding carboxylic acids is 1. The zero-order valence-corrected chi connectivity index (χ0v) is 14.9. The molecule has 0 aliphatic carbocycles. The number of carbonyl (C=O) groups is 2. The molecule has 0 saturated heterocycles. The minimum Gasteiger partial charge on any atom is -0.493 e. The van der Waals surface area contributed by atoms with Crippen LogP contribution in [0.25, 0.3) is 0 Å². The summed E-state index contributed by atoms with van der Waals surface area (Å²) < 4.78 is 11.5. The lowest BCUT2D eigenvalue weighted by molar-refractivity contribution is -0.142. The van der Waals surface area contributed by atoms with Crippen molar-refractivity contribution < 1.29 is 24.2 Å². The average molecular weight is 356 g/mol. The summed E-state index contributed by atoms with van der Waals surface area (Å²) in [7, 11) is 0. The van der Waals surface area contributed by atoms with Crippen molar-refractivity contribution >= 4 is 12.3 Å². The number of rotatable bonds is 11. The van der Waals surface area contributed by atoms with Gasteiger partial charge < -0.3 is 14.6 Å². The molecule has 0 aliphatic heterocycles. The number of carboxylic acids is 1. The highest BCUT2D eigenvalue weighted by molar-refractivity contribution is 5.83. The Bertz CT molecular complexity index is 712. The highest BCUT2D eigenvalue weighted by Crippen LogP contribution is 2.28. The second kappa shape index (κ2) is 10.2. The number of benzene rings is 2. The molecule has 2 rings (SSSR count). The summed E-state index contributed by atoms with van der Waals surface area (Å²) in [6, 6.07) is 14.9. The zero-order valence-electron chi connectivity index (χ0n) is 14.9. The Kier molecular flexibility index (Phi) is 7.68. The summed E-state index contributed by atoms with van der Waals surface area (Å²) in [6.07, 6.45) is 2.48. The molecule has 0 bridgehead atoms.